The smallest absolute Gasteiger partial charge is 0.00203 e. The Morgan fingerprint density at radius 3 is 2.38 bits per heavy atom. The second-order valence-corrected chi connectivity index (χ2v) is 5.52. The summed E-state index contributed by atoms with van der Waals surface area (Å²) in [5.74, 6) is 2.16. The molecule has 0 saturated carbocycles. The first-order valence-electron chi connectivity index (χ1n) is 6.47. The van der Waals surface area contributed by atoms with Gasteiger partial charge in [-0.1, -0.05) is 45.0 Å². The first kappa shape index (κ1) is 11.7. The molecule has 1 aliphatic heterocycles. The molecule has 0 radical (unpaired) electrons. The van der Waals surface area contributed by atoms with E-state index in [0.717, 1.165) is 12.5 Å². The molecular formula is C15H23N. The molecule has 1 aromatic rings. The minimum atomic E-state index is 0.637. The van der Waals surface area contributed by atoms with E-state index in [1.54, 1.807) is 0 Å². The topological polar surface area (TPSA) is 12.0 Å². The molecule has 1 N–H and O–H groups in total. The predicted octanol–water partition coefficient (Wildman–Crippen LogP) is 3.52. The van der Waals surface area contributed by atoms with Crippen molar-refractivity contribution in [1.29, 1.82) is 0 Å². The maximum atomic E-state index is 3.52. The molecule has 1 fully saturated rings. The third kappa shape index (κ3) is 2.65. The van der Waals surface area contributed by atoms with Crippen LogP contribution < -0.4 is 5.32 Å². The van der Waals surface area contributed by atoms with Crippen LogP contribution in [0.1, 0.15) is 50.2 Å². The second kappa shape index (κ2) is 5.01. The van der Waals surface area contributed by atoms with E-state index in [1.165, 1.54) is 24.1 Å². The SMILES string of the molecule is CC1CNCC(c2ccc(C(C)C)cc2)C1. The molecule has 1 aromatic carbocycles. The van der Waals surface area contributed by atoms with Crippen molar-refractivity contribution in [2.45, 2.75) is 39.0 Å². The Kier molecular flexibility index (Phi) is 3.65. The van der Waals surface area contributed by atoms with Crippen LogP contribution in [0.25, 0.3) is 0 Å². The summed E-state index contributed by atoms with van der Waals surface area (Å²) >= 11 is 0. The van der Waals surface area contributed by atoms with E-state index in [1.807, 2.05) is 0 Å². The molecular weight excluding hydrogens is 194 g/mol. The molecule has 2 rings (SSSR count). The first-order chi connectivity index (χ1) is 7.66. The predicted molar refractivity (Wildman–Crippen MR) is 69.9 cm³/mol. The maximum absolute atomic E-state index is 3.52. The molecule has 16 heavy (non-hydrogen) atoms. The summed E-state index contributed by atoms with van der Waals surface area (Å²) < 4.78 is 0. The van der Waals surface area contributed by atoms with Crippen LogP contribution in [0.2, 0.25) is 0 Å². The summed E-state index contributed by atoms with van der Waals surface area (Å²) in [4.78, 5) is 0. The van der Waals surface area contributed by atoms with Crippen molar-refractivity contribution in [3.05, 3.63) is 35.4 Å². The van der Waals surface area contributed by atoms with Gasteiger partial charge in [-0.2, -0.15) is 0 Å². The fraction of sp³-hybridized carbons (Fsp3) is 0.600. The minimum Gasteiger partial charge on any atom is -0.316 e. The molecule has 1 saturated heterocycles. The zero-order valence-electron chi connectivity index (χ0n) is 10.7. The maximum Gasteiger partial charge on any atom is 0.00203 e. The fourth-order valence-electron chi connectivity index (χ4n) is 2.56. The van der Waals surface area contributed by atoms with E-state index in [4.69, 9.17) is 0 Å². The van der Waals surface area contributed by atoms with Crippen LogP contribution in [0.4, 0.5) is 0 Å². The van der Waals surface area contributed by atoms with Crippen LogP contribution in [0.3, 0.4) is 0 Å². The Hall–Kier alpha value is -0.820. The Morgan fingerprint density at radius 2 is 1.81 bits per heavy atom. The number of hydrogen-bond acceptors (Lipinski definition) is 1. The van der Waals surface area contributed by atoms with Crippen LogP contribution in [0.5, 0.6) is 0 Å². The highest BCUT2D eigenvalue weighted by Gasteiger charge is 2.19. The van der Waals surface area contributed by atoms with Gasteiger partial charge in [0.1, 0.15) is 0 Å². The summed E-state index contributed by atoms with van der Waals surface area (Å²) in [7, 11) is 0. The molecule has 1 aliphatic rings. The summed E-state index contributed by atoms with van der Waals surface area (Å²) in [5.41, 5.74) is 2.95. The summed E-state index contributed by atoms with van der Waals surface area (Å²) in [6.07, 6.45) is 1.33. The van der Waals surface area contributed by atoms with Crippen molar-refractivity contribution in [3.8, 4) is 0 Å². The highest BCUT2D eigenvalue weighted by molar-refractivity contribution is 5.27. The number of hydrogen-bond donors (Lipinski definition) is 1. The van der Waals surface area contributed by atoms with Gasteiger partial charge in [0, 0.05) is 6.54 Å². The fourth-order valence-corrected chi connectivity index (χ4v) is 2.56. The standard InChI is InChI=1S/C15H23N/c1-11(2)13-4-6-14(7-5-13)15-8-12(3)9-16-10-15/h4-7,11-12,15-16H,8-10H2,1-3H3. The molecule has 2 unspecified atom stereocenters. The molecule has 2 atom stereocenters. The van der Waals surface area contributed by atoms with Crippen molar-refractivity contribution < 1.29 is 0 Å². The zero-order valence-corrected chi connectivity index (χ0v) is 10.7. The van der Waals surface area contributed by atoms with E-state index in [2.05, 4.69) is 50.4 Å². The summed E-state index contributed by atoms with van der Waals surface area (Å²) in [6.45, 7) is 9.16. The van der Waals surface area contributed by atoms with Crippen LogP contribution in [-0.4, -0.2) is 13.1 Å². The van der Waals surface area contributed by atoms with Gasteiger partial charge in [0.2, 0.25) is 0 Å². The summed E-state index contributed by atoms with van der Waals surface area (Å²) in [6, 6.07) is 9.22. The van der Waals surface area contributed by atoms with Crippen molar-refractivity contribution >= 4 is 0 Å². The van der Waals surface area contributed by atoms with Gasteiger partial charge >= 0.3 is 0 Å². The van der Waals surface area contributed by atoms with E-state index in [9.17, 15) is 0 Å². The minimum absolute atomic E-state index is 0.637. The lowest BCUT2D eigenvalue weighted by molar-refractivity contribution is 0.364. The third-order valence-corrected chi connectivity index (χ3v) is 3.64. The van der Waals surface area contributed by atoms with Gasteiger partial charge < -0.3 is 5.32 Å². The Labute approximate surface area is 99.3 Å². The molecule has 0 aromatic heterocycles. The number of nitrogens with one attached hydrogen (secondary N) is 1. The van der Waals surface area contributed by atoms with Crippen molar-refractivity contribution in [2.75, 3.05) is 13.1 Å². The Morgan fingerprint density at radius 1 is 1.12 bits per heavy atom. The molecule has 0 spiro atoms. The lowest BCUT2D eigenvalue weighted by atomic mass is 9.86. The van der Waals surface area contributed by atoms with Gasteiger partial charge in [-0.3, -0.25) is 0 Å². The second-order valence-electron chi connectivity index (χ2n) is 5.52. The third-order valence-electron chi connectivity index (χ3n) is 3.64. The highest BCUT2D eigenvalue weighted by Crippen LogP contribution is 2.27. The van der Waals surface area contributed by atoms with Crippen molar-refractivity contribution in [3.63, 3.8) is 0 Å². The monoisotopic (exact) mass is 217 g/mol. The van der Waals surface area contributed by atoms with Crippen LogP contribution in [-0.2, 0) is 0 Å². The lowest BCUT2D eigenvalue weighted by Gasteiger charge is -2.28. The molecule has 1 heterocycles. The van der Waals surface area contributed by atoms with E-state index < -0.39 is 0 Å². The lowest BCUT2D eigenvalue weighted by Crippen LogP contribution is -2.33. The quantitative estimate of drug-likeness (QED) is 0.799. The van der Waals surface area contributed by atoms with Crippen molar-refractivity contribution in [1.82, 2.24) is 5.32 Å². The Balaban J connectivity index is 2.09. The highest BCUT2D eigenvalue weighted by atomic mass is 14.9. The average Bonchev–Trinajstić information content (AvgIpc) is 2.29. The van der Waals surface area contributed by atoms with Gasteiger partial charge in [0.25, 0.3) is 0 Å². The average molecular weight is 217 g/mol. The van der Waals surface area contributed by atoms with Crippen molar-refractivity contribution in [2.24, 2.45) is 5.92 Å². The van der Waals surface area contributed by atoms with E-state index >= 15 is 0 Å². The number of piperidine rings is 1. The van der Waals surface area contributed by atoms with Crippen LogP contribution in [0.15, 0.2) is 24.3 Å². The van der Waals surface area contributed by atoms with Gasteiger partial charge in [0.15, 0.2) is 0 Å². The van der Waals surface area contributed by atoms with Crippen LogP contribution >= 0.6 is 0 Å². The largest absolute Gasteiger partial charge is 0.316 e. The van der Waals surface area contributed by atoms with Gasteiger partial charge in [-0.05, 0) is 41.8 Å². The van der Waals surface area contributed by atoms with Gasteiger partial charge in [0.05, 0.1) is 0 Å². The molecule has 1 nitrogen and oxygen atoms in total. The van der Waals surface area contributed by atoms with Gasteiger partial charge in [-0.25, -0.2) is 0 Å². The van der Waals surface area contributed by atoms with Gasteiger partial charge in [-0.15, -0.1) is 0 Å². The molecule has 0 aliphatic carbocycles. The molecule has 0 bridgehead atoms. The molecule has 0 amide bonds. The molecule has 88 valence electrons. The Bertz CT molecular complexity index is 326. The number of rotatable bonds is 2. The zero-order chi connectivity index (χ0) is 11.5. The summed E-state index contributed by atoms with van der Waals surface area (Å²) in [5, 5.41) is 3.52. The number of benzene rings is 1. The molecule has 1 heteroatoms. The van der Waals surface area contributed by atoms with E-state index in [0.29, 0.717) is 11.8 Å². The first-order valence-corrected chi connectivity index (χ1v) is 6.47. The van der Waals surface area contributed by atoms with Crippen LogP contribution in [0, 0.1) is 5.92 Å². The normalized spacial score (nSPS) is 26.0. The van der Waals surface area contributed by atoms with E-state index in [-0.39, 0.29) is 0 Å².